The summed E-state index contributed by atoms with van der Waals surface area (Å²) in [6, 6.07) is 14.6. The van der Waals surface area contributed by atoms with Crippen molar-refractivity contribution >= 4 is 0 Å². The van der Waals surface area contributed by atoms with Crippen LogP contribution in [0.2, 0.25) is 0 Å². The maximum absolute atomic E-state index is 5.41. The van der Waals surface area contributed by atoms with Gasteiger partial charge in [-0.25, -0.2) is 0 Å². The molecule has 0 aliphatic carbocycles. The zero-order valence-electron chi connectivity index (χ0n) is 13.0. The lowest BCUT2D eigenvalue weighted by molar-refractivity contribution is 0.174. The number of ether oxygens (including phenoxy) is 3. The fourth-order valence-electron chi connectivity index (χ4n) is 2.62. The molecule has 3 rings (SSSR count). The molecule has 4 nitrogen and oxygen atoms in total. The SMILES string of the molecule is COc1ccccc1CC(C)NCc1ccc2c(c1)OCO2. The topological polar surface area (TPSA) is 39.7 Å². The summed E-state index contributed by atoms with van der Waals surface area (Å²) < 4.78 is 16.1. The second-order valence-corrected chi connectivity index (χ2v) is 5.49. The third-order valence-corrected chi connectivity index (χ3v) is 3.81. The zero-order chi connectivity index (χ0) is 15.4. The fourth-order valence-corrected chi connectivity index (χ4v) is 2.62. The van der Waals surface area contributed by atoms with Gasteiger partial charge in [0.1, 0.15) is 5.75 Å². The molecule has 1 aliphatic heterocycles. The van der Waals surface area contributed by atoms with Crippen molar-refractivity contribution in [1.82, 2.24) is 5.32 Å². The molecule has 2 aromatic carbocycles. The lowest BCUT2D eigenvalue weighted by Crippen LogP contribution is -2.27. The van der Waals surface area contributed by atoms with E-state index in [0.29, 0.717) is 12.8 Å². The predicted octanol–water partition coefficient (Wildman–Crippen LogP) is 3.14. The van der Waals surface area contributed by atoms with E-state index < -0.39 is 0 Å². The Morgan fingerprint density at radius 3 is 2.82 bits per heavy atom. The first-order valence-electron chi connectivity index (χ1n) is 7.50. The van der Waals surface area contributed by atoms with Gasteiger partial charge in [-0.1, -0.05) is 24.3 Å². The van der Waals surface area contributed by atoms with Gasteiger partial charge in [-0.05, 0) is 42.7 Å². The van der Waals surface area contributed by atoms with E-state index in [9.17, 15) is 0 Å². The molecule has 0 saturated heterocycles. The first kappa shape index (κ1) is 14.7. The fraction of sp³-hybridized carbons (Fsp3) is 0.333. The van der Waals surface area contributed by atoms with Crippen LogP contribution in [-0.4, -0.2) is 19.9 Å². The highest BCUT2D eigenvalue weighted by Gasteiger charge is 2.13. The molecule has 1 unspecified atom stereocenters. The number of hydrogen-bond donors (Lipinski definition) is 1. The van der Waals surface area contributed by atoms with Crippen LogP contribution in [0.5, 0.6) is 17.2 Å². The molecule has 22 heavy (non-hydrogen) atoms. The summed E-state index contributed by atoms with van der Waals surface area (Å²) >= 11 is 0. The van der Waals surface area contributed by atoms with Crippen LogP contribution in [0.4, 0.5) is 0 Å². The van der Waals surface area contributed by atoms with E-state index in [1.165, 1.54) is 11.1 Å². The molecular weight excluding hydrogens is 278 g/mol. The standard InChI is InChI=1S/C18H21NO3/c1-13(9-15-5-3-4-6-16(15)20-2)19-11-14-7-8-17-18(10-14)22-12-21-17/h3-8,10,13,19H,9,11-12H2,1-2H3. The van der Waals surface area contributed by atoms with E-state index in [4.69, 9.17) is 14.2 Å². The van der Waals surface area contributed by atoms with Crippen LogP contribution < -0.4 is 19.5 Å². The molecule has 4 heteroatoms. The van der Waals surface area contributed by atoms with Gasteiger partial charge in [0.25, 0.3) is 0 Å². The van der Waals surface area contributed by atoms with E-state index in [0.717, 1.165) is 30.2 Å². The normalized spacial score (nSPS) is 13.9. The highest BCUT2D eigenvalue weighted by molar-refractivity contribution is 5.44. The van der Waals surface area contributed by atoms with Gasteiger partial charge in [0.05, 0.1) is 7.11 Å². The van der Waals surface area contributed by atoms with Gasteiger partial charge < -0.3 is 19.5 Å². The van der Waals surface area contributed by atoms with Gasteiger partial charge in [-0.15, -0.1) is 0 Å². The average Bonchev–Trinajstić information content (AvgIpc) is 3.01. The number of nitrogens with one attached hydrogen (secondary N) is 1. The lowest BCUT2D eigenvalue weighted by Gasteiger charge is -2.16. The molecule has 0 fully saturated rings. The number of fused-ring (bicyclic) bond motifs is 1. The molecule has 1 aliphatic rings. The van der Waals surface area contributed by atoms with E-state index in [1.807, 2.05) is 30.3 Å². The third kappa shape index (κ3) is 3.34. The van der Waals surface area contributed by atoms with Crippen molar-refractivity contribution in [3.8, 4) is 17.2 Å². The molecular formula is C18H21NO3. The first-order valence-corrected chi connectivity index (χ1v) is 7.50. The molecule has 1 atom stereocenters. The van der Waals surface area contributed by atoms with Crippen LogP contribution in [0.25, 0.3) is 0 Å². The summed E-state index contributed by atoms with van der Waals surface area (Å²) in [7, 11) is 1.71. The summed E-state index contributed by atoms with van der Waals surface area (Å²) in [5.41, 5.74) is 2.41. The smallest absolute Gasteiger partial charge is 0.231 e. The molecule has 0 bridgehead atoms. The highest BCUT2D eigenvalue weighted by Crippen LogP contribution is 2.32. The largest absolute Gasteiger partial charge is 0.496 e. The molecule has 0 radical (unpaired) electrons. The van der Waals surface area contributed by atoms with Crippen molar-refractivity contribution in [1.29, 1.82) is 0 Å². The summed E-state index contributed by atoms with van der Waals surface area (Å²) in [6.07, 6.45) is 0.925. The van der Waals surface area contributed by atoms with E-state index >= 15 is 0 Å². The van der Waals surface area contributed by atoms with Crippen LogP contribution in [-0.2, 0) is 13.0 Å². The Labute approximate surface area is 131 Å². The number of para-hydroxylation sites is 1. The highest BCUT2D eigenvalue weighted by atomic mass is 16.7. The van der Waals surface area contributed by atoms with E-state index in [-0.39, 0.29) is 0 Å². The Morgan fingerprint density at radius 2 is 1.95 bits per heavy atom. The van der Waals surface area contributed by atoms with Gasteiger partial charge >= 0.3 is 0 Å². The number of rotatable bonds is 6. The van der Waals surface area contributed by atoms with Crippen LogP contribution in [0, 0.1) is 0 Å². The number of benzene rings is 2. The van der Waals surface area contributed by atoms with Gasteiger partial charge in [-0.2, -0.15) is 0 Å². The van der Waals surface area contributed by atoms with Crippen LogP contribution in [0.1, 0.15) is 18.1 Å². The maximum Gasteiger partial charge on any atom is 0.231 e. The third-order valence-electron chi connectivity index (χ3n) is 3.81. The van der Waals surface area contributed by atoms with Crippen LogP contribution in [0.15, 0.2) is 42.5 Å². The van der Waals surface area contributed by atoms with Crippen molar-refractivity contribution in [3.63, 3.8) is 0 Å². The first-order chi connectivity index (χ1) is 10.8. The Balaban J connectivity index is 1.57. The lowest BCUT2D eigenvalue weighted by atomic mass is 10.1. The molecule has 1 heterocycles. The summed E-state index contributed by atoms with van der Waals surface area (Å²) in [5, 5.41) is 3.54. The van der Waals surface area contributed by atoms with E-state index in [2.05, 4.69) is 24.4 Å². The quantitative estimate of drug-likeness (QED) is 0.889. The van der Waals surface area contributed by atoms with Crippen molar-refractivity contribution in [3.05, 3.63) is 53.6 Å². The van der Waals surface area contributed by atoms with E-state index in [1.54, 1.807) is 7.11 Å². The molecule has 2 aromatic rings. The summed E-state index contributed by atoms with van der Waals surface area (Å²) in [5.74, 6) is 2.60. The van der Waals surface area contributed by atoms with Gasteiger partial charge in [0.15, 0.2) is 11.5 Å². The monoisotopic (exact) mass is 299 g/mol. The van der Waals surface area contributed by atoms with Crippen molar-refractivity contribution in [2.75, 3.05) is 13.9 Å². The molecule has 1 N–H and O–H groups in total. The Morgan fingerprint density at radius 1 is 1.14 bits per heavy atom. The van der Waals surface area contributed by atoms with Gasteiger partial charge in [0.2, 0.25) is 6.79 Å². The van der Waals surface area contributed by atoms with Crippen molar-refractivity contribution in [2.45, 2.75) is 25.9 Å². The second-order valence-electron chi connectivity index (χ2n) is 5.49. The Hall–Kier alpha value is -2.20. The average molecular weight is 299 g/mol. The van der Waals surface area contributed by atoms with Gasteiger partial charge in [-0.3, -0.25) is 0 Å². The predicted molar refractivity (Wildman–Crippen MR) is 85.6 cm³/mol. The van der Waals surface area contributed by atoms with Crippen molar-refractivity contribution < 1.29 is 14.2 Å². The summed E-state index contributed by atoms with van der Waals surface area (Å²) in [6.45, 7) is 3.29. The Kier molecular flexibility index (Phi) is 4.49. The van der Waals surface area contributed by atoms with Crippen LogP contribution >= 0.6 is 0 Å². The molecule has 0 aromatic heterocycles. The number of hydrogen-bond acceptors (Lipinski definition) is 4. The Bertz CT molecular complexity index is 642. The number of methoxy groups -OCH3 is 1. The molecule has 116 valence electrons. The molecule has 0 spiro atoms. The van der Waals surface area contributed by atoms with Crippen LogP contribution in [0.3, 0.4) is 0 Å². The second kappa shape index (κ2) is 6.71. The minimum atomic E-state index is 0.316. The maximum atomic E-state index is 5.41. The summed E-state index contributed by atoms with van der Waals surface area (Å²) in [4.78, 5) is 0. The zero-order valence-corrected chi connectivity index (χ0v) is 13.0. The minimum absolute atomic E-state index is 0.316. The molecule has 0 saturated carbocycles. The molecule has 0 amide bonds. The van der Waals surface area contributed by atoms with Gasteiger partial charge in [0, 0.05) is 12.6 Å². The van der Waals surface area contributed by atoms with Crippen molar-refractivity contribution in [2.24, 2.45) is 0 Å². The minimum Gasteiger partial charge on any atom is -0.496 e.